The van der Waals surface area contributed by atoms with Crippen LogP contribution in [0.25, 0.3) is 0 Å². The van der Waals surface area contributed by atoms with E-state index in [2.05, 4.69) is 19.0 Å². The Morgan fingerprint density at radius 2 is 1.75 bits per heavy atom. The van der Waals surface area contributed by atoms with Crippen LogP contribution in [0, 0.1) is 17.8 Å². The summed E-state index contributed by atoms with van der Waals surface area (Å²) in [5.74, 6) is 2.13. The van der Waals surface area contributed by atoms with E-state index in [9.17, 15) is 0 Å². The summed E-state index contributed by atoms with van der Waals surface area (Å²) in [5.41, 5.74) is 5.57. The van der Waals surface area contributed by atoms with Crippen LogP contribution in [0.1, 0.15) is 33.1 Å². The predicted molar refractivity (Wildman–Crippen MR) is 49.1 cm³/mol. The Morgan fingerprint density at radius 1 is 1.25 bits per heavy atom. The monoisotopic (exact) mass is 170 g/mol. The number of hydrogen-bond acceptors (Lipinski definition) is 2. The Hall–Kier alpha value is -0.730. The van der Waals surface area contributed by atoms with E-state index in [-0.39, 0.29) is 0 Å². The van der Waals surface area contributed by atoms with Gasteiger partial charge in [0.1, 0.15) is 5.84 Å². The average molecular weight is 170 g/mol. The van der Waals surface area contributed by atoms with Crippen molar-refractivity contribution in [1.82, 2.24) is 0 Å². The summed E-state index contributed by atoms with van der Waals surface area (Å²) in [5, 5.41) is 11.6. The van der Waals surface area contributed by atoms with Gasteiger partial charge in [-0.05, 0) is 31.1 Å². The Kier molecular flexibility index (Phi) is 2.95. The molecule has 12 heavy (non-hydrogen) atoms. The number of nitrogens with zero attached hydrogens (tertiary/aromatic N) is 1. The van der Waals surface area contributed by atoms with Gasteiger partial charge in [-0.25, -0.2) is 0 Å². The van der Waals surface area contributed by atoms with Gasteiger partial charge in [0.25, 0.3) is 0 Å². The lowest BCUT2D eigenvalue weighted by Crippen LogP contribution is -2.31. The highest BCUT2D eigenvalue weighted by atomic mass is 16.4. The van der Waals surface area contributed by atoms with Crippen LogP contribution in [0.3, 0.4) is 0 Å². The molecule has 1 aliphatic rings. The summed E-state index contributed by atoms with van der Waals surface area (Å²) in [6.07, 6.45) is 3.41. The third-order valence-electron chi connectivity index (χ3n) is 2.71. The van der Waals surface area contributed by atoms with Crippen molar-refractivity contribution in [3.8, 4) is 0 Å². The summed E-state index contributed by atoms with van der Waals surface area (Å²) in [6.45, 7) is 4.46. The van der Waals surface area contributed by atoms with Crippen LogP contribution in [0.5, 0.6) is 0 Å². The lowest BCUT2D eigenvalue weighted by Gasteiger charge is -2.30. The highest BCUT2D eigenvalue weighted by Gasteiger charge is 2.26. The van der Waals surface area contributed by atoms with E-state index in [0.29, 0.717) is 23.6 Å². The molecule has 0 aromatic carbocycles. The summed E-state index contributed by atoms with van der Waals surface area (Å²) in [4.78, 5) is 0. The number of oxime groups is 1. The molecule has 0 aromatic heterocycles. The molecule has 1 aliphatic carbocycles. The van der Waals surface area contributed by atoms with E-state index in [0.717, 1.165) is 12.8 Å². The molecule has 0 amide bonds. The highest BCUT2D eigenvalue weighted by Crippen LogP contribution is 2.32. The van der Waals surface area contributed by atoms with Gasteiger partial charge in [0.05, 0.1) is 0 Å². The molecule has 0 saturated heterocycles. The van der Waals surface area contributed by atoms with Gasteiger partial charge in [-0.1, -0.05) is 19.0 Å². The minimum absolute atomic E-state index is 0.300. The van der Waals surface area contributed by atoms with Crippen molar-refractivity contribution >= 4 is 5.84 Å². The van der Waals surface area contributed by atoms with E-state index in [4.69, 9.17) is 10.9 Å². The minimum Gasteiger partial charge on any atom is -0.409 e. The maximum atomic E-state index is 8.52. The van der Waals surface area contributed by atoms with E-state index in [1.807, 2.05) is 0 Å². The third kappa shape index (κ3) is 2.13. The molecule has 0 bridgehead atoms. The number of rotatable bonds is 1. The Bertz CT molecular complexity index is 169. The van der Waals surface area contributed by atoms with E-state index in [1.54, 1.807) is 0 Å². The van der Waals surface area contributed by atoms with Crippen LogP contribution in [0.4, 0.5) is 0 Å². The predicted octanol–water partition coefficient (Wildman–Crippen LogP) is 1.81. The van der Waals surface area contributed by atoms with Gasteiger partial charge in [0.15, 0.2) is 0 Å². The number of nitrogens with two attached hydrogens (primary N) is 1. The van der Waals surface area contributed by atoms with Gasteiger partial charge in [-0.15, -0.1) is 0 Å². The van der Waals surface area contributed by atoms with Gasteiger partial charge in [0.2, 0.25) is 0 Å². The van der Waals surface area contributed by atoms with Crippen molar-refractivity contribution in [2.45, 2.75) is 33.1 Å². The number of hydrogen-bond donors (Lipinski definition) is 2. The van der Waals surface area contributed by atoms with Crippen molar-refractivity contribution in [1.29, 1.82) is 0 Å². The second-order valence-electron chi connectivity index (χ2n) is 4.14. The van der Waals surface area contributed by atoms with Crippen molar-refractivity contribution in [2.75, 3.05) is 0 Å². The third-order valence-corrected chi connectivity index (χ3v) is 2.71. The molecule has 1 saturated carbocycles. The molecule has 3 nitrogen and oxygen atoms in total. The van der Waals surface area contributed by atoms with Crippen molar-refractivity contribution < 1.29 is 5.21 Å². The smallest absolute Gasteiger partial charge is 0.142 e. The van der Waals surface area contributed by atoms with Crippen molar-refractivity contribution in [3.05, 3.63) is 0 Å². The van der Waals surface area contributed by atoms with Crippen LogP contribution in [0.15, 0.2) is 5.16 Å². The Labute approximate surface area is 73.6 Å². The molecule has 0 aromatic rings. The van der Waals surface area contributed by atoms with Crippen LogP contribution >= 0.6 is 0 Å². The first-order chi connectivity index (χ1) is 5.63. The number of amidine groups is 1. The molecular formula is C9H18N2O. The molecule has 1 rings (SSSR count). The SMILES string of the molecule is CC1CC(C)CC(C(N)=NO)C1. The zero-order valence-corrected chi connectivity index (χ0v) is 7.83. The van der Waals surface area contributed by atoms with Crippen LogP contribution in [-0.2, 0) is 0 Å². The average Bonchev–Trinajstić information content (AvgIpc) is 2.01. The fourth-order valence-electron chi connectivity index (χ4n) is 2.27. The molecule has 70 valence electrons. The van der Waals surface area contributed by atoms with E-state index in [1.165, 1.54) is 6.42 Å². The van der Waals surface area contributed by atoms with Crippen molar-refractivity contribution in [2.24, 2.45) is 28.6 Å². The molecule has 0 spiro atoms. The van der Waals surface area contributed by atoms with E-state index < -0.39 is 0 Å². The molecule has 1 fully saturated rings. The lowest BCUT2D eigenvalue weighted by molar-refractivity contribution is 0.252. The fourth-order valence-corrected chi connectivity index (χ4v) is 2.27. The summed E-state index contributed by atoms with van der Waals surface area (Å²) in [6, 6.07) is 0. The molecule has 0 aliphatic heterocycles. The van der Waals surface area contributed by atoms with Gasteiger partial charge in [-0.2, -0.15) is 0 Å². The van der Waals surface area contributed by atoms with Gasteiger partial charge < -0.3 is 10.9 Å². The fraction of sp³-hybridized carbons (Fsp3) is 0.889. The lowest BCUT2D eigenvalue weighted by atomic mass is 9.76. The topological polar surface area (TPSA) is 58.6 Å². The quantitative estimate of drug-likeness (QED) is 0.273. The maximum Gasteiger partial charge on any atom is 0.142 e. The molecule has 2 atom stereocenters. The zero-order valence-electron chi connectivity index (χ0n) is 7.83. The van der Waals surface area contributed by atoms with Crippen LogP contribution in [0.2, 0.25) is 0 Å². The minimum atomic E-state index is 0.300. The molecule has 3 heteroatoms. The first kappa shape index (κ1) is 9.36. The standard InChI is InChI=1S/C9H18N2O/c1-6-3-7(2)5-8(4-6)9(10)11-12/h6-8,12H,3-5H2,1-2H3,(H2,10,11). The maximum absolute atomic E-state index is 8.52. The molecule has 0 radical (unpaired) electrons. The molecule has 3 N–H and O–H groups in total. The highest BCUT2D eigenvalue weighted by molar-refractivity contribution is 5.82. The summed E-state index contributed by atoms with van der Waals surface area (Å²) < 4.78 is 0. The zero-order chi connectivity index (χ0) is 9.14. The second-order valence-corrected chi connectivity index (χ2v) is 4.14. The molecular weight excluding hydrogens is 152 g/mol. The van der Waals surface area contributed by atoms with Crippen LogP contribution in [-0.4, -0.2) is 11.0 Å². The van der Waals surface area contributed by atoms with Gasteiger partial charge >= 0.3 is 0 Å². The first-order valence-corrected chi connectivity index (χ1v) is 4.61. The molecule has 0 heterocycles. The summed E-state index contributed by atoms with van der Waals surface area (Å²) >= 11 is 0. The Morgan fingerprint density at radius 3 is 2.17 bits per heavy atom. The van der Waals surface area contributed by atoms with Crippen molar-refractivity contribution in [3.63, 3.8) is 0 Å². The molecule has 2 unspecified atom stereocenters. The van der Waals surface area contributed by atoms with Gasteiger partial charge in [0, 0.05) is 5.92 Å². The normalized spacial score (nSPS) is 38.2. The van der Waals surface area contributed by atoms with E-state index >= 15 is 0 Å². The summed E-state index contributed by atoms with van der Waals surface area (Å²) in [7, 11) is 0. The second kappa shape index (κ2) is 3.78. The Balaban J connectivity index is 2.55. The van der Waals surface area contributed by atoms with Crippen LogP contribution < -0.4 is 5.73 Å². The van der Waals surface area contributed by atoms with Gasteiger partial charge in [-0.3, -0.25) is 0 Å². The first-order valence-electron chi connectivity index (χ1n) is 4.61. The largest absolute Gasteiger partial charge is 0.409 e.